The lowest BCUT2D eigenvalue weighted by Crippen LogP contribution is -2.46. The summed E-state index contributed by atoms with van der Waals surface area (Å²) in [7, 11) is 1.72. The van der Waals surface area contributed by atoms with E-state index in [0.29, 0.717) is 51.6 Å². The minimum Gasteiger partial charge on any atom is -0.489 e. The minimum absolute atomic E-state index is 0.00987. The molecule has 16 heteroatoms. The average Bonchev–Trinajstić information content (AvgIpc) is 3.67. The number of thiophene rings is 1. The molecule has 50 heavy (non-hydrogen) atoms. The van der Waals surface area contributed by atoms with Crippen molar-refractivity contribution < 1.29 is 32.2 Å². The third-order valence-corrected chi connectivity index (χ3v) is 11.7. The van der Waals surface area contributed by atoms with Gasteiger partial charge in [0.2, 0.25) is 5.91 Å². The Hall–Kier alpha value is -4.10. The molecule has 2 atom stereocenters. The summed E-state index contributed by atoms with van der Waals surface area (Å²) < 4.78 is 64.4. The summed E-state index contributed by atoms with van der Waals surface area (Å²) >= 11 is 7.89. The lowest BCUT2D eigenvalue weighted by atomic mass is 9.95. The smallest absolute Gasteiger partial charge is 0.319 e. The maximum absolute atomic E-state index is 17.2. The van der Waals surface area contributed by atoms with Crippen LogP contribution < -0.4 is 20.1 Å². The predicted octanol–water partition coefficient (Wildman–Crippen LogP) is 5.16. The van der Waals surface area contributed by atoms with Crippen LogP contribution in [0.5, 0.6) is 11.8 Å². The number of ether oxygens (including phenoxy) is 3. The number of fused-ring (bicyclic) bond motifs is 2. The van der Waals surface area contributed by atoms with Crippen molar-refractivity contribution in [2.75, 3.05) is 76.8 Å². The molecule has 1 amide bonds. The number of carbonyl (C=O) groups excluding carboxylic acids is 1. The van der Waals surface area contributed by atoms with Crippen LogP contribution in [-0.2, 0) is 9.53 Å². The molecule has 4 aliphatic rings. The number of rotatable bonds is 8. The van der Waals surface area contributed by atoms with Crippen LogP contribution in [0.25, 0.3) is 32.1 Å². The Balaban J connectivity index is 1.27. The first-order chi connectivity index (χ1) is 24.1. The Bertz CT molecular complexity index is 2090. The molecule has 0 unspecified atom stereocenters. The van der Waals surface area contributed by atoms with Gasteiger partial charge in [0.15, 0.2) is 11.6 Å². The monoisotopic (exact) mass is 727 g/mol. The van der Waals surface area contributed by atoms with Gasteiger partial charge >= 0.3 is 6.01 Å². The van der Waals surface area contributed by atoms with Crippen LogP contribution in [0.1, 0.15) is 24.8 Å². The number of benzene rings is 2. The van der Waals surface area contributed by atoms with Gasteiger partial charge in [-0.2, -0.15) is 15.2 Å². The Morgan fingerprint density at radius 2 is 2.10 bits per heavy atom. The van der Waals surface area contributed by atoms with Crippen LogP contribution in [0.2, 0.25) is 5.02 Å². The topological polar surface area (TPSA) is 130 Å². The molecular formula is C34H33ClF3N7O4S. The zero-order valence-corrected chi connectivity index (χ0v) is 28.7. The summed E-state index contributed by atoms with van der Waals surface area (Å²) in [6, 6.07) is 4.44. The number of nitriles is 1. The van der Waals surface area contributed by atoms with Crippen molar-refractivity contribution in [2.45, 2.75) is 31.0 Å². The van der Waals surface area contributed by atoms with Crippen molar-refractivity contribution in [3.05, 3.63) is 34.4 Å². The molecule has 0 radical (unpaired) electrons. The van der Waals surface area contributed by atoms with Gasteiger partial charge in [-0.25, -0.2) is 13.2 Å². The van der Waals surface area contributed by atoms with Crippen LogP contribution in [0.3, 0.4) is 0 Å². The van der Waals surface area contributed by atoms with E-state index in [1.165, 1.54) is 12.1 Å². The molecule has 4 aromatic rings. The standard InChI is InChI=1S/C34H33ClF3N7O4S/c1-43(32(46)17-14-47-15-17)7-8-44-9-10-48-28-24-27(41-33(42-31(24)44)49-16-34-5-2-6-45(34)13-18(36)11-34)26(38)23(25(28)35)19-3-4-21(37)29-22(19)20(12-39)30(40)50-29/h3-4,17-18H,2,5-11,13-16,40H2,1H3/t18-,34+/m1/s1. The summed E-state index contributed by atoms with van der Waals surface area (Å²) in [5, 5.41) is 10.3. The first-order valence-corrected chi connectivity index (χ1v) is 17.7. The van der Waals surface area contributed by atoms with Crippen LogP contribution in [0.15, 0.2) is 12.1 Å². The largest absolute Gasteiger partial charge is 0.489 e. The summed E-state index contributed by atoms with van der Waals surface area (Å²) in [5.41, 5.74) is 5.45. The molecule has 2 aromatic heterocycles. The molecule has 4 aliphatic heterocycles. The van der Waals surface area contributed by atoms with Gasteiger partial charge in [0.1, 0.15) is 47.6 Å². The van der Waals surface area contributed by atoms with Crippen molar-refractivity contribution in [3.8, 4) is 29.0 Å². The number of nitrogen functional groups attached to an aromatic ring is 1. The third kappa shape index (κ3) is 5.26. The van der Waals surface area contributed by atoms with E-state index in [0.717, 1.165) is 30.7 Å². The number of hydrogen-bond donors (Lipinski definition) is 1. The number of carbonyl (C=O) groups is 1. The number of nitrogens with two attached hydrogens (primary N) is 1. The van der Waals surface area contributed by atoms with E-state index < -0.39 is 23.3 Å². The number of hydrogen-bond acceptors (Lipinski definition) is 11. The predicted molar refractivity (Wildman–Crippen MR) is 183 cm³/mol. The van der Waals surface area contributed by atoms with Crippen molar-refractivity contribution in [1.82, 2.24) is 19.8 Å². The Kier molecular flexibility index (Phi) is 8.33. The number of alkyl halides is 1. The minimum atomic E-state index is -0.971. The van der Waals surface area contributed by atoms with Gasteiger partial charge in [-0.1, -0.05) is 17.7 Å². The van der Waals surface area contributed by atoms with E-state index in [1.807, 2.05) is 11.0 Å². The summed E-state index contributed by atoms with van der Waals surface area (Å²) in [5.74, 6) is -1.25. The van der Waals surface area contributed by atoms with Crippen LogP contribution in [-0.4, -0.2) is 104 Å². The molecular weight excluding hydrogens is 695 g/mol. The molecule has 8 rings (SSSR count). The van der Waals surface area contributed by atoms with Gasteiger partial charge in [0.25, 0.3) is 0 Å². The van der Waals surface area contributed by atoms with Gasteiger partial charge in [-0.15, -0.1) is 11.3 Å². The summed E-state index contributed by atoms with van der Waals surface area (Å²) in [4.78, 5) is 27.8. The molecule has 3 fully saturated rings. The summed E-state index contributed by atoms with van der Waals surface area (Å²) in [6.07, 6.45) is 1.02. The highest BCUT2D eigenvalue weighted by atomic mass is 35.5. The Labute approximate surface area is 294 Å². The molecule has 11 nitrogen and oxygen atoms in total. The molecule has 0 bridgehead atoms. The fourth-order valence-corrected chi connectivity index (χ4v) is 8.99. The molecule has 6 heterocycles. The van der Waals surface area contributed by atoms with Gasteiger partial charge in [0, 0.05) is 44.1 Å². The quantitative estimate of drug-likeness (QED) is 0.260. The highest BCUT2D eigenvalue weighted by Crippen LogP contribution is 2.51. The van der Waals surface area contributed by atoms with E-state index in [4.69, 9.17) is 36.5 Å². The van der Waals surface area contributed by atoms with Crippen molar-refractivity contribution in [3.63, 3.8) is 0 Å². The number of likely N-dealkylation sites (N-methyl/N-ethyl adjacent to an activating group) is 1. The molecule has 0 spiro atoms. The highest BCUT2D eigenvalue weighted by Gasteiger charge is 2.49. The van der Waals surface area contributed by atoms with E-state index in [9.17, 15) is 18.8 Å². The van der Waals surface area contributed by atoms with E-state index in [-0.39, 0.29) is 84.5 Å². The maximum Gasteiger partial charge on any atom is 0.319 e. The van der Waals surface area contributed by atoms with Gasteiger partial charge in [-0.05, 0) is 31.0 Å². The zero-order valence-electron chi connectivity index (χ0n) is 27.1. The van der Waals surface area contributed by atoms with Gasteiger partial charge in [0.05, 0.1) is 51.9 Å². The molecule has 262 valence electrons. The second-order valence-corrected chi connectivity index (χ2v) is 14.8. The molecule has 0 saturated carbocycles. The molecule has 2 N–H and O–H groups in total. The Morgan fingerprint density at radius 1 is 1.28 bits per heavy atom. The van der Waals surface area contributed by atoms with Gasteiger partial charge < -0.3 is 29.7 Å². The fraction of sp³-hybridized carbons (Fsp3) is 0.471. The lowest BCUT2D eigenvalue weighted by Gasteiger charge is -2.32. The van der Waals surface area contributed by atoms with Crippen molar-refractivity contribution in [1.29, 1.82) is 5.26 Å². The first kappa shape index (κ1) is 33.1. The van der Waals surface area contributed by atoms with Crippen LogP contribution in [0.4, 0.5) is 24.0 Å². The number of amides is 1. The Morgan fingerprint density at radius 3 is 2.86 bits per heavy atom. The number of nitrogens with zero attached hydrogens (tertiary/aromatic N) is 6. The molecule has 0 aliphatic carbocycles. The second kappa shape index (κ2) is 12.6. The number of aromatic nitrogens is 2. The highest BCUT2D eigenvalue weighted by molar-refractivity contribution is 7.23. The van der Waals surface area contributed by atoms with Crippen molar-refractivity contribution >= 4 is 60.7 Å². The number of halogens is 4. The SMILES string of the molecule is CN(CCN1CCOc2c(Cl)c(-c3ccc(F)c4sc(N)c(C#N)c34)c(F)c3nc(OC[C@@]45CCCN4C[C@H](F)C5)nc1c23)C(=O)C1COC1. The van der Waals surface area contributed by atoms with Crippen LogP contribution >= 0.6 is 22.9 Å². The van der Waals surface area contributed by atoms with Crippen molar-refractivity contribution in [2.24, 2.45) is 5.92 Å². The van der Waals surface area contributed by atoms with E-state index in [2.05, 4.69) is 9.88 Å². The second-order valence-electron chi connectivity index (χ2n) is 13.3. The van der Waals surface area contributed by atoms with E-state index >= 15 is 4.39 Å². The lowest BCUT2D eigenvalue weighted by molar-refractivity contribution is -0.148. The van der Waals surface area contributed by atoms with Crippen LogP contribution in [0, 0.1) is 28.9 Å². The average molecular weight is 728 g/mol. The van der Waals surface area contributed by atoms with Gasteiger partial charge in [-0.3, -0.25) is 9.69 Å². The molecule has 3 saturated heterocycles. The number of anilines is 2. The zero-order chi connectivity index (χ0) is 34.9. The first-order valence-electron chi connectivity index (χ1n) is 16.5. The van der Waals surface area contributed by atoms with E-state index in [1.54, 1.807) is 11.9 Å². The fourth-order valence-electron chi connectivity index (χ4n) is 7.71. The molecule has 2 aromatic carbocycles. The summed E-state index contributed by atoms with van der Waals surface area (Å²) in [6.45, 7) is 3.08. The normalized spacial score (nSPS) is 21.9. The maximum atomic E-state index is 17.2. The third-order valence-electron chi connectivity index (χ3n) is 10.3.